The second kappa shape index (κ2) is 15.5. The molecule has 6 aromatic carbocycles. The Labute approximate surface area is 315 Å². The molecular formula is C52H45N. The predicted octanol–water partition coefficient (Wildman–Crippen LogP) is 13.6. The van der Waals surface area contributed by atoms with Gasteiger partial charge >= 0.3 is 0 Å². The highest BCUT2D eigenvalue weighted by Gasteiger charge is 2.34. The van der Waals surface area contributed by atoms with E-state index in [9.17, 15) is 0 Å². The average Bonchev–Trinajstić information content (AvgIpc) is 3.39. The molecule has 0 saturated heterocycles. The van der Waals surface area contributed by atoms with Crippen LogP contribution < -0.4 is 4.90 Å². The quantitative estimate of drug-likeness (QED) is 0.0789. The zero-order valence-corrected chi connectivity index (χ0v) is 31.1. The van der Waals surface area contributed by atoms with Gasteiger partial charge in [-0.2, -0.15) is 0 Å². The van der Waals surface area contributed by atoms with E-state index in [4.69, 9.17) is 6.42 Å². The molecule has 0 radical (unpaired) electrons. The van der Waals surface area contributed by atoms with Gasteiger partial charge in [-0.1, -0.05) is 177 Å². The predicted molar refractivity (Wildman–Crippen MR) is 230 cm³/mol. The molecule has 1 heteroatoms. The second-order valence-electron chi connectivity index (χ2n) is 14.1. The fourth-order valence-electron chi connectivity index (χ4n) is 7.31. The summed E-state index contributed by atoms with van der Waals surface area (Å²) in [6, 6.07) is 50.0. The molecule has 0 fully saturated rings. The summed E-state index contributed by atoms with van der Waals surface area (Å²) in [5.74, 6) is 2.89. The summed E-state index contributed by atoms with van der Waals surface area (Å²) in [5.41, 5.74) is 14.4. The van der Waals surface area contributed by atoms with Gasteiger partial charge in [-0.3, -0.25) is 0 Å². The molecule has 0 amide bonds. The van der Waals surface area contributed by atoms with E-state index in [0.717, 1.165) is 11.4 Å². The van der Waals surface area contributed by atoms with E-state index >= 15 is 0 Å². The Morgan fingerprint density at radius 3 is 2.02 bits per heavy atom. The van der Waals surface area contributed by atoms with Crippen LogP contribution in [-0.4, -0.2) is 6.54 Å². The maximum absolute atomic E-state index is 6.00. The number of para-hydroxylation sites is 1. The minimum atomic E-state index is -0.0949. The van der Waals surface area contributed by atoms with Crippen molar-refractivity contribution in [2.45, 2.75) is 33.1 Å². The molecule has 6 aromatic rings. The molecule has 0 spiro atoms. The Morgan fingerprint density at radius 1 is 0.679 bits per heavy atom. The normalized spacial score (nSPS) is 14.1. The molecule has 7 rings (SSSR count). The van der Waals surface area contributed by atoms with Crippen molar-refractivity contribution >= 4 is 34.2 Å². The van der Waals surface area contributed by atoms with E-state index in [1.165, 1.54) is 66.4 Å². The maximum Gasteiger partial charge on any atom is 0.0923 e. The minimum Gasteiger partial charge on any atom is -0.331 e. The lowest BCUT2D eigenvalue weighted by molar-refractivity contribution is 0.639. The summed E-state index contributed by atoms with van der Waals surface area (Å²) < 4.78 is 0. The Bertz CT molecular complexity index is 2440. The second-order valence-corrected chi connectivity index (χ2v) is 14.1. The summed E-state index contributed by atoms with van der Waals surface area (Å²) in [7, 11) is 0. The zero-order valence-electron chi connectivity index (χ0n) is 31.1. The van der Waals surface area contributed by atoms with Crippen LogP contribution >= 0.6 is 0 Å². The highest BCUT2D eigenvalue weighted by atomic mass is 15.1. The van der Waals surface area contributed by atoms with Gasteiger partial charge in [0, 0.05) is 17.6 Å². The van der Waals surface area contributed by atoms with Crippen molar-refractivity contribution in [3.63, 3.8) is 0 Å². The van der Waals surface area contributed by atoms with E-state index in [0.29, 0.717) is 6.54 Å². The van der Waals surface area contributed by atoms with Crippen LogP contribution in [0.25, 0.3) is 50.8 Å². The van der Waals surface area contributed by atoms with Gasteiger partial charge < -0.3 is 4.90 Å². The molecule has 53 heavy (non-hydrogen) atoms. The SMILES string of the molecule is C#C/C(=C\C=C/C)N(C/C=C\C1=C(C)C(C)(C)c2cc(/C=C/c3cc4ccccc4cc3-c3ccc(-c4ccccc4)cc3)ccc21)c1ccccc1. The molecule has 1 aliphatic rings. The third-order valence-electron chi connectivity index (χ3n) is 10.6. The Kier molecular flexibility index (Phi) is 10.2. The number of allylic oxidation sites excluding steroid dienone is 7. The number of hydrogen-bond donors (Lipinski definition) is 0. The molecular weight excluding hydrogens is 639 g/mol. The lowest BCUT2D eigenvalue weighted by atomic mass is 9.81. The number of rotatable bonds is 10. The standard InChI is InChI=1S/C52H45N/c1-6-8-22-46(7-2)53(47-23-13-10-14-24-47)34-17-25-48-38(3)52(4,5)51-35-39(27-33-49(48)51)26-28-45-36-43-20-15-16-21-44(43)37-50(45)42-31-29-41(30-32-42)40-18-11-9-12-19-40/h2,6,8-33,35-37H,34H2,1,3-5H3/b8-6-,25-17-,28-26+,46-22+. The van der Waals surface area contributed by atoms with Gasteiger partial charge in [0.15, 0.2) is 0 Å². The highest BCUT2D eigenvalue weighted by Crippen LogP contribution is 2.47. The van der Waals surface area contributed by atoms with Crippen molar-refractivity contribution in [3.05, 3.63) is 203 Å². The van der Waals surface area contributed by atoms with Crippen LogP contribution in [0.2, 0.25) is 0 Å². The third-order valence-corrected chi connectivity index (χ3v) is 10.6. The number of benzene rings is 6. The molecule has 0 aromatic heterocycles. The number of fused-ring (bicyclic) bond motifs is 2. The first-order valence-corrected chi connectivity index (χ1v) is 18.4. The van der Waals surface area contributed by atoms with Crippen molar-refractivity contribution in [2.24, 2.45) is 0 Å². The van der Waals surface area contributed by atoms with Crippen molar-refractivity contribution in [1.29, 1.82) is 0 Å². The molecule has 1 nitrogen and oxygen atoms in total. The Hall–Kier alpha value is -6.36. The fourth-order valence-corrected chi connectivity index (χ4v) is 7.31. The highest BCUT2D eigenvalue weighted by molar-refractivity contribution is 5.94. The van der Waals surface area contributed by atoms with Gasteiger partial charge in [0.2, 0.25) is 0 Å². The smallest absolute Gasteiger partial charge is 0.0923 e. The average molecular weight is 684 g/mol. The van der Waals surface area contributed by atoms with Crippen molar-refractivity contribution in [2.75, 3.05) is 11.4 Å². The minimum absolute atomic E-state index is 0.0949. The summed E-state index contributed by atoms with van der Waals surface area (Å²) in [4.78, 5) is 2.18. The molecule has 0 atom stereocenters. The Morgan fingerprint density at radius 2 is 1.32 bits per heavy atom. The lowest BCUT2D eigenvalue weighted by Gasteiger charge is -2.23. The summed E-state index contributed by atoms with van der Waals surface area (Å²) in [5, 5.41) is 2.48. The van der Waals surface area contributed by atoms with Gasteiger partial charge in [0.25, 0.3) is 0 Å². The van der Waals surface area contributed by atoms with E-state index in [1.807, 2.05) is 43.4 Å². The molecule has 0 unspecified atom stereocenters. The van der Waals surface area contributed by atoms with Crippen molar-refractivity contribution < 1.29 is 0 Å². The van der Waals surface area contributed by atoms with Gasteiger partial charge in [-0.25, -0.2) is 0 Å². The monoisotopic (exact) mass is 683 g/mol. The first-order chi connectivity index (χ1) is 25.9. The van der Waals surface area contributed by atoms with Crippen molar-refractivity contribution in [1.82, 2.24) is 0 Å². The number of nitrogens with zero attached hydrogens (tertiary/aromatic N) is 1. The number of anilines is 1. The first kappa shape index (κ1) is 35.1. The number of hydrogen-bond acceptors (Lipinski definition) is 1. The molecule has 0 N–H and O–H groups in total. The summed E-state index contributed by atoms with van der Waals surface area (Å²) in [6.45, 7) is 9.60. The summed E-state index contributed by atoms with van der Waals surface area (Å²) >= 11 is 0. The lowest BCUT2D eigenvalue weighted by Crippen LogP contribution is -2.21. The molecule has 258 valence electrons. The topological polar surface area (TPSA) is 3.24 Å². The zero-order chi connectivity index (χ0) is 36.8. The third kappa shape index (κ3) is 7.36. The van der Waals surface area contributed by atoms with Crippen molar-refractivity contribution in [3.8, 4) is 34.6 Å². The van der Waals surface area contributed by atoms with Crippen LogP contribution in [0.5, 0.6) is 0 Å². The molecule has 0 heterocycles. The van der Waals surface area contributed by atoms with Crippen LogP contribution in [0, 0.1) is 12.3 Å². The number of terminal acetylenes is 1. The van der Waals surface area contributed by atoms with Crippen LogP contribution in [0.1, 0.15) is 49.9 Å². The van der Waals surface area contributed by atoms with Crippen LogP contribution in [-0.2, 0) is 5.41 Å². The van der Waals surface area contributed by atoms with Crippen LogP contribution in [0.3, 0.4) is 0 Å². The first-order valence-electron chi connectivity index (χ1n) is 18.4. The van der Waals surface area contributed by atoms with Gasteiger partial charge in [0.1, 0.15) is 0 Å². The van der Waals surface area contributed by atoms with Crippen LogP contribution in [0.4, 0.5) is 5.69 Å². The van der Waals surface area contributed by atoms with E-state index < -0.39 is 0 Å². The van der Waals surface area contributed by atoms with Gasteiger partial charge in [0.05, 0.1) is 5.70 Å². The van der Waals surface area contributed by atoms with E-state index in [1.54, 1.807) is 0 Å². The maximum atomic E-state index is 6.00. The summed E-state index contributed by atoms with van der Waals surface area (Å²) in [6.07, 6.45) is 21.0. The van der Waals surface area contributed by atoms with Gasteiger partial charge in [-0.15, -0.1) is 6.42 Å². The van der Waals surface area contributed by atoms with Crippen LogP contribution in [0.15, 0.2) is 181 Å². The largest absolute Gasteiger partial charge is 0.331 e. The Balaban J connectivity index is 1.18. The fraction of sp³-hybridized carbons (Fsp3) is 0.115. The molecule has 0 aliphatic heterocycles. The molecule has 0 bridgehead atoms. The molecule has 1 aliphatic carbocycles. The molecule has 0 saturated carbocycles. The van der Waals surface area contributed by atoms with Gasteiger partial charge in [-0.05, 0) is 105 Å². The van der Waals surface area contributed by atoms with E-state index in [-0.39, 0.29) is 5.41 Å². The van der Waals surface area contributed by atoms with E-state index in [2.05, 4.69) is 177 Å².